The highest BCUT2D eigenvalue weighted by atomic mass is 16.2. The van der Waals surface area contributed by atoms with E-state index < -0.39 is 0 Å². The summed E-state index contributed by atoms with van der Waals surface area (Å²) in [5, 5.41) is 0.917. The van der Waals surface area contributed by atoms with E-state index in [4.69, 9.17) is 4.98 Å². The zero-order chi connectivity index (χ0) is 20.3. The van der Waals surface area contributed by atoms with Crippen molar-refractivity contribution in [1.82, 2.24) is 9.88 Å². The molecule has 0 aliphatic carbocycles. The van der Waals surface area contributed by atoms with Crippen LogP contribution < -0.4 is 0 Å². The number of aryl methyl sites for hydroxylation is 1. The molecule has 0 aliphatic rings. The van der Waals surface area contributed by atoms with Crippen LogP contribution in [0.4, 0.5) is 0 Å². The summed E-state index contributed by atoms with van der Waals surface area (Å²) in [6.45, 7) is 12.2. The molecule has 0 bridgehead atoms. The lowest BCUT2D eigenvalue weighted by Crippen LogP contribution is -2.37. The predicted octanol–water partition coefficient (Wildman–Crippen LogP) is 5.96. The molecule has 146 valence electrons. The van der Waals surface area contributed by atoms with E-state index in [9.17, 15) is 4.79 Å². The average Bonchev–Trinajstić information content (AvgIpc) is 2.66. The second kappa shape index (κ2) is 8.55. The first-order valence-corrected chi connectivity index (χ1v) is 10.1. The molecule has 0 radical (unpaired) electrons. The van der Waals surface area contributed by atoms with E-state index >= 15 is 0 Å². The predicted molar refractivity (Wildman–Crippen MR) is 117 cm³/mol. The molecular formula is C25H30N2O. The largest absolute Gasteiger partial charge is 0.338 e. The van der Waals surface area contributed by atoms with Gasteiger partial charge in [-0.15, -0.1) is 0 Å². The monoisotopic (exact) mass is 374 g/mol. The molecule has 3 nitrogen and oxygen atoms in total. The van der Waals surface area contributed by atoms with Gasteiger partial charge < -0.3 is 4.90 Å². The highest BCUT2D eigenvalue weighted by Crippen LogP contribution is 2.26. The fourth-order valence-corrected chi connectivity index (χ4v) is 3.52. The molecule has 3 rings (SSSR count). The average molecular weight is 375 g/mol. The van der Waals surface area contributed by atoms with E-state index in [1.807, 2.05) is 35.2 Å². The fourth-order valence-electron chi connectivity index (χ4n) is 3.52. The van der Waals surface area contributed by atoms with E-state index in [0.717, 1.165) is 40.8 Å². The summed E-state index contributed by atoms with van der Waals surface area (Å²) in [5.74, 6) is 0.939. The van der Waals surface area contributed by atoms with Crippen molar-refractivity contribution in [2.24, 2.45) is 11.8 Å². The molecular weight excluding hydrogens is 344 g/mol. The van der Waals surface area contributed by atoms with Crippen molar-refractivity contribution in [1.29, 1.82) is 0 Å². The molecule has 0 atom stereocenters. The highest BCUT2D eigenvalue weighted by Gasteiger charge is 2.21. The summed E-state index contributed by atoms with van der Waals surface area (Å²) in [4.78, 5) is 20.4. The molecule has 2 aromatic carbocycles. The Bertz CT molecular complexity index is 948. The van der Waals surface area contributed by atoms with Crippen LogP contribution in [0.15, 0.2) is 54.6 Å². The number of rotatable bonds is 6. The third-order valence-electron chi connectivity index (χ3n) is 4.75. The number of carbonyl (C=O) groups excluding carboxylic acids is 1. The Hall–Kier alpha value is -2.68. The maximum atomic E-state index is 13.6. The van der Waals surface area contributed by atoms with Crippen LogP contribution >= 0.6 is 0 Å². The number of nitrogens with zero attached hydrogens (tertiary/aromatic N) is 2. The zero-order valence-electron chi connectivity index (χ0n) is 17.6. The van der Waals surface area contributed by atoms with E-state index in [2.05, 4.69) is 58.9 Å². The first-order chi connectivity index (χ1) is 13.3. The molecule has 1 aromatic heterocycles. The van der Waals surface area contributed by atoms with Crippen LogP contribution in [0.1, 0.15) is 43.6 Å². The fraction of sp³-hybridized carbons (Fsp3) is 0.360. The second-order valence-electron chi connectivity index (χ2n) is 8.44. The van der Waals surface area contributed by atoms with Crippen molar-refractivity contribution < 1.29 is 4.79 Å². The normalized spacial score (nSPS) is 11.4. The second-order valence-corrected chi connectivity index (χ2v) is 8.44. The topological polar surface area (TPSA) is 33.2 Å². The summed E-state index contributed by atoms with van der Waals surface area (Å²) < 4.78 is 0. The van der Waals surface area contributed by atoms with E-state index in [1.54, 1.807) is 0 Å². The standard InChI is InChI=1S/C25H30N2O/c1-17(2)15-27(16-18(3)4)25(28)22-14-24(20-12-10-19(5)11-13-20)26-23-9-7-6-8-21(22)23/h6-14,17-18H,15-16H2,1-5H3. The first-order valence-electron chi connectivity index (χ1n) is 10.1. The number of aromatic nitrogens is 1. The van der Waals surface area contributed by atoms with Crippen LogP contribution in [0.25, 0.3) is 22.2 Å². The molecule has 0 aliphatic heterocycles. The molecule has 3 aromatic rings. The maximum Gasteiger partial charge on any atom is 0.254 e. The Morgan fingerprint density at radius 3 is 2.14 bits per heavy atom. The Morgan fingerprint density at radius 1 is 0.929 bits per heavy atom. The van der Waals surface area contributed by atoms with Gasteiger partial charge in [0.2, 0.25) is 0 Å². The lowest BCUT2D eigenvalue weighted by Gasteiger charge is -2.27. The van der Waals surface area contributed by atoms with Crippen molar-refractivity contribution in [2.75, 3.05) is 13.1 Å². The lowest BCUT2D eigenvalue weighted by molar-refractivity contribution is 0.0717. The summed E-state index contributed by atoms with van der Waals surface area (Å²) in [5.41, 5.74) is 4.68. The van der Waals surface area contributed by atoms with Gasteiger partial charge in [0, 0.05) is 24.0 Å². The van der Waals surface area contributed by atoms with Crippen molar-refractivity contribution in [3.63, 3.8) is 0 Å². The number of hydrogen-bond acceptors (Lipinski definition) is 2. The van der Waals surface area contributed by atoms with Crippen LogP contribution in [-0.2, 0) is 0 Å². The number of para-hydroxylation sites is 1. The Morgan fingerprint density at radius 2 is 1.54 bits per heavy atom. The van der Waals surface area contributed by atoms with Gasteiger partial charge in [-0.25, -0.2) is 4.98 Å². The van der Waals surface area contributed by atoms with Gasteiger partial charge in [0.25, 0.3) is 5.91 Å². The zero-order valence-corrected chi connectivity index (χ0v) is 17.6. The maximum absolute atomic E-state index is 13.6. The third-order valence-corrected chi connectivity index (χ3v) is 4.75. The van der Waals surface area contributed by atoms with Gasteiger partial charge in [-0.1, -0.05) is 75.7 Å². The number of fused-ring (bicyclic) bond motifs is 1. The quantitative estimate of drug-likeness (QED) is 0.533. The molecule has 1 heterocycles. The summed E-state index contributed by atoms with van der Waals surface area (Å²) in [7, 11) is 0. The van der Waals surface area contributed by atoms with Crippen LogP contribution in [0.2, 0.25) is 0 Å². The van der Waals surface area contributed by atoms with Gasteiger partial charge in [0.05, 0.1) is 16.8 Å². The van der Waals surface area contributed by atoms with E-state index in [0.29, 0.717) is 11.8 Å². The lowest BCUT2D eigenvalue weighted by atomic mass is 10.0. The van der Waals surface area contributed by atoms with Gasteiger partial charge >= 0.3 is 0 Å². The number of amides is 1. The minimum Gasteiger partial charge on any atom is -0.338 e. The van der Waals surface area contributed by atoms with Crippen molar-refractivity contribution >= 4 is 16.8 Å². The van der Waals surface area contributed by atoms with E-state index in [-0.39, 0.29) is 5.91 Å². The summed E-state index contributed by atoms with van der Waals surface area (Å²) in [6, 6.07) is 18.2. The molecule has 1 amide bonds. The van der Waals surface area contributed by atoms with Crippen LogP contribution in [0, 0.1) is 18.8 Å². The Labute approximate surface area is 168 Å². The van der Waals surface area contributed by atoms with Crippen molar-refractivity contribution in [3.05, 3.63) is 65.7 Å². The Balaban J connectivity index is 2.12. The van der Waals surface area contributed by atoms with Crippen LogP contribution in [0.3, 0.4) is 0 Å². The molecule has 0 unspecified atom stereocenters. The number of benzene rings is 2. The van der Waals surface area contributed by atoms with Crippen LogP contribution in [0.5, 0.6) is 0 Å². The number of carbonyl (C=O) groups is 1. The molecule has 0 spiro atoms. The molecule has 0 saturated heterocycles. The van der Waals surface area contributed by atoms with Gasteiger partial charge in [0.15, 0.2) is 0 Å². The molecule has 0 fully saturated rings. The Kier molecular flexibility index (Phi) is 6.13. The number of hydrogen-bond donors (Lipinski definition) is 0. The minimum absolute atomic E-state index is 0.0920. The molecule has 0 N–H and O–H groups in total. The first kappa shape index (κ1) is 20.1. The van der Waals surface area contributed by atoms with Crippen molar-refractivity contribution in [3.8, 4) is 11.3 Å². The van der Waals surface area contributed by atoms with Gasteiger partial charge in [0.1, 0.15) is 0 Å². The van der Waals surface area contributed by atoms with Crippen molar-refractivity contribution in [2.45, 2.75) is 34.6 Å². The highest BCUT2D eigenvalue weighted by molar-refractivity contribution is 6.07. The third kappa shape index (κ3) is 4.59. The SMILES string of the molecule is Cc1ccc(-c2cc(C(=O)N(CC(C)C)CC(C)C)c3ccccc3n2)cc1. The molecule has 28 heavy (non-hydrogen) atoms. The van der Waals surface area contributed by atoms with Crippen LogP contribution in [-0.4, -0.2) is 28.9 Å². The number of pyridine rings is 1. The van der Waals surface area contributed by atoms with Gasteiger partial charge in [-0.05, 0) is 30.9 Å². The molecule has 0 saturated carbocycles. The summed E-state index contributed by atoms with van der Waals surface area (Å²) in [6.07, 6.45) is 0. The van der Waals surface area contributed by atoms with Gasteiger partial charge in [-0.2, -0.15) is 0 Å². The minimum atomic E-state index is 0.0920. The molecule has 3 heteroatoms. The summed E-state index contributed by atoms with van der Waals surface area (Å²) >= 11 is 0. The smallest absolute Gasteiger partial charge is 0.254 e. The van der Waals surface area contributed by atoms with E-state index in [1.165, 1.54) is 5.56 Å². The van der Waals surface area contributed by atoms with Gasteiger partial charge in [-0.3, -0.25) is 4.79 Å².